The van der Waals surface area contributed by atoms with E-state index in [0.717, 1.165) is 32.4 Å². The minimum atomic E-state index is 0.568. The monoisotopic (exact) mass is 607 g/mol. The number of nitrogens with zero attached hydrogens (tertiary/aromatic N) is 1. The summed E-state index contributed by atoms with van der Waals surface area (Å²) in [5.74, 6) is 0.568. The molecule has 0 fully saturated rings. The number of benzene rings is 5. The van der Waals surface area contributed by atoms with E-state index in [1.807, 2.05) is 0 Å². The molecule has 37 heavy (non-hydrogen) atoms. The summed E-state index contributed by atoms with van der Waals surface area (Å²) in [5.41, 5.74) is 10.2. The molecule has 0 heterocycles. The van der Waals surface area contributed by atoms with Crippen LogP contribution in [0.15, 0.2) is 118 Å². The first-order valence-corrected chi connectivity index (χ1v) is 14.2. The highest BCUT2D eigenvalue weighted by atomic mass is 79.9. The largest absolute Gasteiger partial charge is 0.310 e. The molecule has 0 bridgehead atoms. The highest BCUT2D eigenvalue weighted by Crippen LogP contribution is 2.43. The van der Waals surface area contributed by atoms with Gasteiger partial charge < -0.3 is 4.90 Å². The van der Waals surface area contributed by atoms with Crippen molar-refractivity contribution in [2.75, 3.05) is 4.90 Å². The van der Waals surface area contributed by atoms with Gasteiger partial charge in [0, 0.05) is 25.7 Å². The van der Waals surface area contributed by atoms with Crippen LogP contribution in [0.3, 0.4) is 0 Å². The van der Waals surface area contributed by atoms with Gasteiger partial charge in [0.15, 0.2) is 0 Å². The Bertz CT molecular complexity index is 1590. The normalized spacial score (nSPS) is 14.8. The van der Waals surface area contributed by atoms with Crippen LogP contribution in [-0.4, -0.2) is 0 Å². The Kier molecular flexibility index (Phi) is 6.52. The van der Waals surface area contributed by atoms with Crippen molar-refractivity contribution >= 4 is 65.8 Å². The average Bonchev–Trinajstić information content (AvgIpc) is 2.90. The quantitative estimate of drug-likeness (QED) is 0.196. The maximum atomic E-state index is 3.60. The van der Waals surface area contributed by atoms with E-state index >= 15 is 0 Å². The van der Waals surface area contributed by atoms with Gasteiger partial charge in [0.25, 0.3) is 0 Å². The Morgan fingerprint density at radius 2 is 1.32 bits per heavy atom. The second-order valence-electron chi connectivity index (χ2n) is 9.91. The zero-order chi connectivity index (χ0) is 25.5. The van der Waals surface area contributed by atoms with Crippen molar-refractivity contribution in [2.45, 2.75) is 26.2 Å². The fourth-order valence-electron chi connectivity index (χ4n) is 5.57. The number of rotatable bonds is 4. The molecule has 182 valence electrons. The van der Waals surface area contributed by atoms with Gasteiger partial charge in [-0.15, -0.1) is 0 Å². The molecule has 0 spiro atoms. The molecule has 0 amide bonds. The van der Waals surface area contributed by atoms with Crippen LogP contribution in [0.2, 0.25) is 0 Å². The number of hydrogen-bond acceptors (Lipinski definition) is 1. The molecule has 6 rings (SSSR count). The smallest absolute Gasteiger partial charge is 0.0540 e. The lowest BCUT2D eigenvalue weighted by atomic mass is 9.83. The van der Waals surface area contributed by atoms with Gasteiger partial charge in [0.1, 0.15) is 0 Å². The molecule has 1 atom stereocenters. The van der Waals surface area contributed by atoms with Crippen molar-refractivity contribution < 1.29 is 0 Å². The molecule has 1 unspecified atom stereocenters. The summed E-state index contributed by atoms with van der Waals surface area (Å²) in [6, 6.07) is 37.4. The Morgan fingerprint density at radius 3 is 1.97 bits per heavy atom. The minimum absolute atomic E-state index is 0.568. The topological polar surface area (TPSA) is 3.24 Å². The zero-order valence-electron chi connectivity index (χ0n) is 20.9. The Morgan fingerprint density at radius 1 is 0.703 bits per heavy atom. The number of allylic oxidation sites excluding steroid dienone is 1. The number of halogens is 2. The van der Waals surface area contributed by atoms with Crippen LogP contribution in [0.4, 0.5) is 17.1 Å². The van der Waals surface area contributed by atoms with Crippen LogP contribution >= 0.6 is 31.9 Å². The molecular formula is C34H27Br2N. The van der Waals surface area contributed by atoms with E-state index in [1.54, 1.807) is 0 Å². The van der Waals surface area contributed by atoms with Crippen LogP contribution in [0.1, 0.15) is 37.3 Å². The van der Waals surface area contributed by atoms with Gasteiger partial charge in [-0.05, 0) is 108 Å². The first-order chi connectivity index (χ1) is 18.0. The summed E-state index contributed by atoms with van der Waals surface area (Å²) < 4.78 is 2.14. The lowest BCUT2D eigenvalue weighted by molar-refractivity contribution is 0.742. The molecule has 1 aliphatic rings. The van der Waals surface area contributed by atoms with Crippen molar-refractivity contribution in [3.63, 3.8) is 0 Å². The highest BCUT2D eigenvalue weighted by molar-refractivity contribution is 9.10. The number of anilines is 3. The maximum Gasteiger partial charge on any atom is 0.0540 e. The third kappa shape index (κ3) is 4.67. The fraction of sp³-hybridized carbons (Fsp3) is 0.118. The first-order valence-electron chi connectivity index (χ1n) is 12.6. The Balaban J connectivity index is 1.54. The zero-order valence-corrected chi connectivity index (χ0v) is 24.1. The van der Waals surface area contributed by atoms with Gasteiger partial charge >= 0.3 is 0 Å². The molecule has 0 aliphatic heterocycles. The summed E-state index contributed by atoms with van der Waals surface area (Å²) in [7, 11) is 0. The maximum absolute atomic E-state index is 3.60. The van der Waals surface area contributed by atoms with E-state index in [2.05, 4.69) is 160 Å². The number of fused-ring (bicyclic) bond motifs is 2. The van der Waals surface area contributed by atoms with Crippen LogP contribution in [0.25, 0.3) is 28.0 Å². The molecule has 1 nitrogen and oxygen atoms in total. The van der Waals surface area contributed by atoms with Gasteiger partial charge in [0.2, 0.25) is 0 Å². The Hall–Kier alpha value is -3.14. The summed E-state index contributed by atoms with van der Waals surface area (Å²) in [6.07, 6.45) is 3.50. The molecular weight excluding hydrogens is 582 g/mol. The number of hydrogen-bond donors (Lipinski definition) is 0. The lowest BCUT2D eigenvalue weighted by Crippen LogP contribution is -2.10. The van der Waals surface area contributed by atoms with Gasteiger partial charge in [-0.2, -0.15) is 0 Å². The van der Waals surface area contributed by atoms with Crippen LogP contribution < -0.4 is 4.90 Å². The van der Waals surface area contributed by atoms with E-state index in [9.17, 15) is 0 Å². The predicted octanol–water partition coefficient (Wildman–Crippen LogP) is 11.4. The van der Waals surface area contributed by atoms with Crippen molar-refractivity contribution in [3.8, 4) is 11.1 Å². The van der Waals surface area contributed by atoms with Gasteiger partial charge in [0.05, 0.1) is 5.69 Å². The lowest BCUT2D eigenvalue weighted by Gasteiger charge is -2.28. The summed E-state index contributed by atoms with van der Waals surface area (Å²) >= 11 is 7.19. The van der Waals surface area contributed by atoms with Crippen molar-refractivity contribution in [1.82, 2.24) is 0 Å². The van der Waals surface area contributed by atoms with Gasteiger partial charge in [-0.25, -0.2) is 0 Å². The van der Waals surface area contributed by atoms with E-state index in [4.69, 9.17) is 0 Å². The van der Waals surface area contributed by atoms with Crippen LogP contribution in [0.5, 0.6) is 0 Å². The summed E-state index contributed by atoms with van der Waals surface area (Å²) in [5, 5.41) is 2.48. The third-order valence-electron chi connectivity index (χ3n) is 7.27. The van der Waals surface area contributed by atoms with Crippen molar-refractivity contribution in [3.05, 3.63) is 129 Å². The standard InChI is InChI=1S/C34H27Br2N/c1-22-19-23(2)30-16-7-24(21-25(30)20-22)31-17-18-34(33-6-4-3-5-32(31)33)37(28-12-8-26(35)9-13-28)29-14-10-27(36)11-15-29/h3-18,20-21,23H,19H2,1-2H3. The van der Waals surface area contributed by atoms with E-state index in [-0.39, 0.29) is 0 Å². The first kappa shape index (κ1) is 24.2. The second kappa shape index (κ2) is 9.96. The Labute approximate surface area is 235 Å². The summed E-state index contributed by atoms with van der Waals surface area (Å²) in [6.45, 7) is 4.58. The molecule has 0 radical (unpaired) electrons. The summed E-state index contributed by atoms with van der Waals surface area (Å²) in [4.78, 5) is 2.34. The molecule has 0 saturated carbocycles. The van der Waals surface area contributed by atoms with Crippen LogP contribution in [-0.2, 0) is 0 Å². The highest BCUT2D eigenvalue weighted by Gasteiger charge is 2.19. The molecule has 0 saturated heterocycles. The van der Waals surface area contributed by atoms with Gasteiger partial charge in [-0.3, -0.25) is 0 Å². The third-order valence-corrected chi connectivity index (χ3v) is 8.33. The minimum Gasteiger partial charge on any atom is -0.310 e. The SMILES string of the molecule is CC1=Cc2cc(-c3ccc(N(c4ccc(Br)cc4)c4ccc(Br)cc4)c4ccccc34)ccc2C(C)C1. The average molecular weight is 609 g/mol. The predicted molar refractivity (Wildman–Crippen MR) is 166 cm³/mol. The molecule has 1 aliphatic carbocycles. The van der Waals surface area contributed by atoms with Gasteiger partial charge in [-0.1, -0.05) is 92.9 Å². The fourth-order valence-corrected chi connectivity index (χ4v) is 6.10. The van der Waals surface area contributed by atoms with E-state index < -0.39 is 0 Å². The van der Waals surface area contributed by atoms with Crippen LogP contribution in [0, 0.1) is 0 Å². The molecule has 3 heteroatoms. The second-order valence-corrected chi connectivity index (χ2v) is 11.7. The molecule has 5 aromatic carbocycles. The van der Waals surface area contributed by atoms with Crippen molar-refractivity contribution in [1.29, 1.82) is 0 Å². The molecule has 0 aromatic heterocycles. The molecule has 0 N–H and O–H groups in total. The molecule has 5 aromatic rings. The van der Waals surface area contributed by atoms with E-state index in [0.29, 0.717) is 5.92 Å². The van der Waals surface area contributed by atoms with E-state index in [1.165, 1.54) is 38.6 Å². The van der Waals surface area contributed by atoms with Crippen molar-refractivity contribution in [2.24, 2.45) is 0 Å².